The van der Waals surface area contributed by atoms with Gasteiger partial charge in [0.25, 0.3) is 0 Å². The van der Waals surface area contributed by atoms with E-state index in [9.17, 15) is 14.7 Å². The number of carboxylic acids is 1. The maximum Gasteiger partial charge on any atom is 0.308 e. The molecule has 0 bridgehead atoms. The van der Waals surface area contributed by atoms with Crippen molar-refractivity contribution in [2.75, 3.05) is 39.9 Å². The van der Waals surface area contributed by atoms with Crippen LogP contribution >= 0.6 is 0 Å². The fourth-order valence-electron chi connectivity index (χ4n) is 3.39. The number of rotatable bonds is 4. The molecule has 0 spiro atoms. The maximum absolute atomic E-state index is 12.9. The van der Waals surface area contributed by atoms with E-state index in [1.807, 2.05) is 6.92 Å². The molecule has 2 N–H and O–H groups in total. The second kappa shape index (κ2) is 6.10. The molecule has 2 rings (SSSR count). The van der Waals surface area contributed by atoms with Gasteiger partial charge in [0.1, 0.15) is 0 Å². The largest absolute Gasteiger partial charge is 0.481 e. The molecule has 2 heterocycles. The highest BCUT2D eigenvalue weighted by Crippen LogP contribution is 2.34. The molecular weight excluding hydrogens is 260 g/mol. The molecule has 0 aromatic rings. The average Bonchev–Trinajstić information content (AvgIpc) is 2.81. The van der Waals surface area contributed by atoms with Crippen molar-refractivity contribution in [3.63, 3.8) is 0 Å². The number of hydrogen-bond acceptors (Lipinski definition) is 4. The number of nitrogens with zero attached hydrogens (tertiary/aromatic N) is 1. The van der Waals surface area contributed by atoms with E-state index in [2.05, 4.69) is 5.32 Å². The molecule has 2 saturated heterocycles. The van der Waals surface area contributed by atoms with Gasteiger partial charge in [-0.2, -0.15) is 0 Å². The van der Waals surface area contributed by atoms with Crippen LogP contribution in [0.25, 0.3) is 0 Å². The molecule has 6 heteroatoms. The first-order valence-electron chi connectivity index (χ1n) is 7.22. The molecule has 2 fully saturated rings. The lowest BCUT2D eigenvalue weighted by molar-refractivity contribution is -0.147. The Morgan fingerprint density at radius 1 is 1.35 bits per heavy atom. The SMILES string of the molecule is COCC1(C(=O)N2C[C@@H](C)[C@H](C(=O)O)C2)CCNCC1. The number of likely N-dealkylation sites (tertiary alicyclic amines) is 1. The molecule has 0 aromatic carbocycles. The van der Waals surface area contributed by atoms with Crippen LogP contribution in [0.2, 0.25) is 0 Å². The molecule has 0 radical (unpaired) electrons. The molecule has 0 unspecified atom stereocenters. The van der Waals surface area contributed by atoms with Crippen molar-refractivity contribution in [3.05, 3.63) is 0 Å². The quantitative estimate of drug-likeness (QED) is 0.770. The third kappa shape index (κ3) is 2.81. The third-order valence-electron chi connectivity index (χ3n) is 4.65. The third-order valence-corrected chi connectivity index (χ3v) is 4.65. The highest BCUT2D eigenvalue weighted by molar-refractivity contribution is 5.84. The standard InChI is InChI=1S/C14H24N2O4/c1-10-7-16(8-11(10)12(17)18)13(19)14(9-20-2)3-5-15-6-4-14/h10-11,15H,3-9H2,1-2H3,(H,17,18)/t10-,11-/m1/s1. The van der Waals surface area contributed by atoms with E-state index < -0.39 is 17.3 Å². The van der Waals surface area contributed by atoms with E-state index in [-0.39, 0.29) is 11.8 Å². The van der Waals surface area contributed by atoms with E-state index in [4.69, 9.17) is 4.74 Å². The fraction of sp³-hybridized carbons (Fsp3) is 0.857. The van der Waals surface area contributed by atoms with Crippen molar-refractivity contribution in [2.24, 2.45) is 17.3 Å². The van der Waals surface area contributed by atoms with E-state index in [0.717, 1.165) is 25.9 Å². The van der Waals surface area contributed by atoms with E-state index in [1.165, 1.54) is 0 Å². The van der Waals surface area contributed by atoms with Gasteiger partial charge in [0, 0.05) is 20.2 Å². The summed E-state index contributed by atoms with van der Waals surface area (Å²) < 4.78 is 5.27. The Kier molecular flexibility index (Phi) is 4.65. The number of amides is 1. The van der Waals surface area contributed by atoms with Crippen LogP contribution in [0.1, 0.15) is 19.8 Å². The van der Waals surface area contributed by atoms with E-state index in [0.29, 0.717) is 19.7 Å². The summed E-state index contributed by atoms with van der Waals surface area (Å²) in [5.41, 5.74) is -0.479. The summed E-state index contributed by atoms with van der Waals surface area (Å²) in [5.74, 6) is -1.17. The zero-order chi connectivity index (χ0) is 14.8. The summed E-state index contributed by atoms with van der Waals surface area (Å²) in [6, 6.07) is 0. The molecule has 114 valence electrons. The lowest BCUT2D eigenvalue weighted by Gasteiger charge is -2.38. The maximum atomic E-state index is 12.9. The number of carbonyl (C=O) groups excluding carboxylic acids is 1. The summed E-state index contributed by atoms with van der Waals surface area (Å²) in [6.07, 6.45) is 1.50. The number of carboxylic acid groups (broad SMARTS) is 1. The van der Waals surface area contributed by atoms with Gasteiger partial charge >= 0.3 is 5.97 Å². The minimum absolute atomic E-state index is 0.0118. The van der Waals surface area contributed by atoms with Crippen molar-refractivity contribution in [1.82, 2.24) is 10.2 Å². The first-order chi connectivity index (χ1) is 9.50. The van der Waals surface area contributed by atoms with Crippen LogP contribution in [0, 0.1) is 17.3 Å². The lowest BCUT2D eigenvalue weighted by Crippen LogP contribution is -2.51. The van der Waals surface area contributed by atoms with Gasteiger partial charge in [0.05, 0.1) is 17.9 Å². The highest BCUT2D eigenvalue weighted by atomic mass is 16.5. The van der Waals surface area contributed by atoms with Gasteiger partial charge in [-0.25, -0.2) is 0 Å². The number of ether oxygens (including phenoxy) is 1. The molecular formula is C14H24N2O4. The summed E-state index contributed by atoms with van der Waals surface area (Å²) in [5, 5.41) is 12.4. The van der Waals surface area contributed by atoms with Crippen molar-refractivity contribution in [1.29, 1.82) is 0 Å². The van der Waals surface area contributed by atoms with Gasteiger partial charge in [-0.05, 0) is 31.8 Å². The predicted octanol–water partition coefficient (Wildman–Crippen LogP) is 0.182. The van der Waals surface area contributed by atoms with Gasteiger partial charge in [-0.1, -0.05) is 6.92 Å². The average molecular weight is 284 g/mol. The summed E-state index contributed by atoms with van der Waals surface area (Å²) in [6.45, 7) is 4.79. The van der Waals surface area contributed by atoms with E-state index in [1.54, 1.807) is 12.0 Å². The predicted molar refractivity (Wildman–Crippen MR) is 73.3 cm³/mol. The monoisotopic (exact) mass is 284 g/mol. The highest BCUT2D eigenvalue weighted by Gasteiger charge is 2.46. The molecule has 0 saturated carbocycles. The lowest BCUT2D eigenvalue weighted by atomic mass is 9.78. The second-order valence-corrected chi connectivity index (χ2v) is 6.10. The minimum Gasteiger partial charge on any atom is -0.481 e. The number of hydrogen-bond donors (Lipinski definition) is 2. The van der Waals surface area contributed by atoms with Crippen LogP contribution in [0.4, 0.5) is 0 Å². The number of aliphatic carboxylic acids is 1. The fourth-order valence-corrected chi connectivity index (χ4v) is 3.39. The molecule has 0 aromatic heterocycles. The summed E-state index contributed by atoms with van der Waals surface area (Å²) >= 11 is 0. The van der Waals surface area contributed by atoms with Gasteiger partial charge in [0.15, 0.2) is 0 Å². The van der Waals surface area contributed by atoms with Crippen LogP contribution in [0.5, 0.6) is 0 Å². The van der Waals surface area contributed by atoms with Gasteiger partial charge < -0.3 is 20.1 Å². The Morgan fingerprint density at radius 3 is 2.50 bits per heavy atom. The molecule has 2 aliphatic rings. The topological polar surface area (TPSA) is 78.9 Å². The minimum atomic E-state index is -0.807. The Bertz CT molecular complexity index is 374. The zero-order valence-electron chi connectivity index (χ0n) is 12.2. The Morgan fingerprint density at radius 2 is 2.00 bits per heavy atom. The first-order valence-corrected chi connectivity index (χ1v) is 7.22. The van der Waals surface area contributed by atoms with Gasteiger partial charge in [0.2, 0.25) is 5.91 Å². The van der Waals surface area contributed by atoms with Crippen molar-refractivity contribution in [2.45, 2.75) is 19.8 Å². The number of carbonyl (C=O) groups is 2. The molecule has 20 heavy (non-hydrogen) atoms. The van der Waals surface area contributed by atoms with Crippen LogP contribution in [-0.2, 0) is 14.3 Å². The van der Waals surface area contributed by atoms with Crippen LogP contribution in [0.15, 0.2) is 0 Å². The molecule has 0 aliphatic carbocycles. The Labute approximate surface area is 119 Å². The van der Waals surface area contributed by atoms with Crippen molar-refractivity contribution < 1.29 is 19.4 Å². The Hall–Kier alpha value is -1.14. The number of nitrogens with one attached hydrogen (secondary N) is 1. The second-order valence-electron chi connectivity index (χ2n) is 6.10. The molecule has 1 amide bonds. The molecule has 2 atom stereocenters. The molecule has 6 nitrogen and oxygen atoms in total. The first kappa shape index (κ1) is 15.3. The van der Waals surface area contributed by atoms with Crippen molar-refractivity contribution >= 4 is 11.9 Å². The molecule has 2 aliphatic heterocycles. The number of piperidine rings is 1. The summed E-state index contributed by atoms with van der Waals surface area (Å²) in [7, 11) is 1.61. The van der Waals surface area contributed by atoms with Crippen LogP contribution in [-0.4, -0.2) is 61.8 Å². The normalized spacial score (nSPS) is 29.4. The van der Waals surface area contributed by atoms with Gasteiger partial charge in [-0.3, -0.25) is 9.59 Å². The van der Waals surface area contributed by atoms with Gasteiger partial charge in [-0.15, -0.1) is 0 Å². The zero-order valence-corrected chi connectivity index (χ0v) is 12.2. The Balaban J connectivity index is 2.10. The number of methoxy groups -OCH3 is 1. The van der Waals surface area contributed by atoms with Crippen molar-refractivity contribution in [3.8, 4) is 0 Å². The van der Waals surface area contributed by atoms with Crippen LogP contribution < -0.4 is 5.32 Å². The summed E-state index contributed by atoms with van der Waals surface area (Å²) in [4.78, 5) is 25.8. The van der Waals surface area contributed by atoms with Crippen LogP contribution in [0.3, 0.4) is 0 Å². The van der Waals surface area contributed by atoms with E-state index >= 15 is 0 Å². The smallest absolute Gasteiger partial charge is 0.308 e.